The van der Waals surface area contributed by atoms with E-state index in [-0.39, 0.29) is 16.7 Å². The maximum atomic E-state index is 11.5. The lowest BCUT2D eigenvalue weighted by Crippen LogP contribution is -2.28. The van der Waals surface area contributed by atoms with Crippen molar-refractivity contribution in [3.05, 3.63) is 79.8 Å². The third-order valence-electron chi connectivity index (χ3n) is 5.08. The highest BCUT2D eigenvalue weighted by Crippen LogP contribution is 2.36. The molecule has 0 saturated heterocycles. The van der Waals surface area contributed by atoms with E-state index in [2.05, 4.69) is 52.3 Å². The molecule has 2 heterocycles. The Morgan fingerprint density at radius 3 is 2.77 bits per heavy atom. The summed E-state index contributed by atoms with van der Waals surface area (Å²) in [6.45, 7) is 4.02. The fourth-order valence-corrected chi connectivity index (χ4v) is 4.52. The van der Waals surface area contributed by atoms with Crippen molar-refractivity contribution < 1.29 is 5.11 Å². The van der Waals surface area contributed by atoms with E-state index in [1.165, 1.54) is 16.8 Å². The normalized spacial score (nSPS) is 14.9. The number of aromatic amines is 1. The number of H-pyrrole nitrogens is 1. The topological polar surface area (TPSA) is 56.3 Å². The van der Waals surface area contributed by atoms with E-state index in [0.29, 0.717) is 4.88 Å². The zero-order chi connectivity index (χ0) is 18.1. The summed E-state index contributed by atoms with van der Waals surface area (Å²) in [5.41, 5.74) is 5.09. The van der Waals surface area contributed by atoms with Crippen LogP contribution in [0.5, 0.6) is 5.88 Å². The second-order valence-corrected chi connectivity index (χ2v) is 7.86. The van der Waals surface area contributed by atoms with Crippen LogP contribution in [0.2, 0.25) is 0 Å². The van der Waals surface area contributed by atoms with Crippen molar-refractivity contribution in [1.82, 2.24) is 4.98 Å². The van der Waals surface area contributed by atoms with Gasteiger partial charge in [0.05, 0.1) is 4.88 Å². The average Bonchev–Trinajstić information content (AvgIpc) is 3.00. The van der Waals surface area contributed by atoms with Crippen LogP contribution < -0.4 is 9.77 Å². The van der Waals surface area contributed by atoms with Crippen LogP contribution in [0.4, 0.5) is 5.69 Å². The third kappa shape index (κ3) is 3.27. The van der Waals surface area contributed by atoms with Gasteiger partial charge in [0.1, 0.15) is 0 Å². The Hall–Kier alpha value is -2.53. The summed E-state index contributed by atoms with van der Waals surface area (Å²) in [4.78, 5) is 16.9. The second kappa shape index (κ2) is 7.00. The first-order valence-electron chi connectivity index (χ1n) is 8.95. The molecule has 26 heavy (non-hydrogen) atoms. The van der Waals surface area contributed by atoms with Gasteiger partial charge in [-0.05, 0) is 35.6 Å². The number of hydrogen-bond donors (Lipinski definition) is 2. The van der Waals surface area contributed by atoms with Gasteiger partial charge in [-0.1, -0.05) is 60.7 Å². The Morgan fingerprint density at radius 2 is 2.04 bits per heavy atom. The van der Waals surface area contributed by atoms with E-state index in [1.54, 1.807) is 0 Å². The summed E-state index contributed by atoms with van der Waals surface area (Å²) in [5.74, 6) is -0.00956. The van der Waals surface area contributed by atoms with Gasteiger partial charge in [0, 0.05) is 24.7 Å². The number of aromatic nitrogens is 1. The number of nitrogens with zero attached hydrogens (tertiary/aromatic N) is 1. The fourth-order valence-electron chi connectivity index (χ4n) is 3.71. The lowest BCUT2D eigenvalue weighted by molar-refractivity contribution is 0.448. The highest BCUT2D eigenvalue weighted by atomic mass is 32.1. The smallest absolute Gasteiger partial charge is 0.307 e. The monoisotopic (exact) mass is 366 g/mol. The first kappa shape index (κ1) is 16.9. The molecule has 0 saturated carbocycles. The van der Waals surface area contributed by atoms with Crippen LogP contribution in [-0.2, 0) is 13.0 Å². The molecule has 0 bridgehead atoms. The minimum absolute atomic E-state index is 0.00377. The van der Waals surface area contributed by atoms with Crippen molar-refractivity contribution in [3.63, 3.8) is 0 Å². The van der Waals surface area contributed by atoms with E-state index in [0.717, 1.165) is 42.8 Å². The number of anilines is 1. The molecular formula is C21H22N2O2S. The van der Waals surface area contributed by atoms with E-state index in [4.69, 9.17) is 0 Å². The van der Waals surface area contributed by atoms with Crippen molar-refractivity contribution >= 4 is 17.0 Å². The number of fused-ring (bicyclic) bond motifs is 1. The number of nitrogens with one attached hydrogen (secondary N) is 1. The number of aryl methyl sites for hydroxylation is 1. The Balaban J connectivity index is 1.62. The summed E-state index contributed by atoms with van der Waals surface area (Å²) in [6.07, 6.45) is 2.21. The minimum atomic E-state index is -0.212. The molecule has 1 aliphatic heterocycles. The SMILES string of the molecule is CC(c1ccc2c(c1)CCCN2Cc1ccccc1)c1sc(=O)[nH]c1O. The molecule has 134 valence electrons. The van der Waals surface area contributed by atoms with Crippen LogP contribution in [0.25, 0.3) is 0 Å². The predicted molar refractivity (Wildman–Crippen MR) is 106 cm³/mol. The number of aromatic hydroxyl groups is 1. The molecule has 5 heteroatoms. The molecule has 4 nitrogen and oxygen atoms in total. The van der Waals surface area contributed by atoms with E-state index >= 15 is 0 Å². The zero-order valence-electron chi connectivity index (χ0n) is 14.7. The van der Waals surface area contributed by atoms with E-state index in [1.807, 2.05) is 13.0 Å². The van der Waals surface area contributed by atoms with Crippen molar-refractivity contribution in [3.8, 4) is 5.88 Å². The van der Waals surface area contributed by atoms with Gasteiger partial charge in [-0.3, -0.25) is 9.78 Å². The van der Waals surface area contributed by atoms with Gasteiger partial charge in [-0.25, -0.2) is 0 Å². The predicted octanol–water partition coefficient (Wildman–Crippen LogP) is 4.25. The summed E-state index contributed by atoms with van der Waals surface area (Å²) < 4.78 is 0. The number of thiazole rings is 1. The minimum Gasteiger partial charge on any atom is -0.494 e. The van der Waals surface area contributed by atoms with Crippen LogP contribution >= 0.6 is 11.3 Å². The first-order chi connectivity index (χ1) is 12.6. The molecule has 1 aliphatic rings. The maximum absolute atomic E-state index is 11.5. The molecule has 2 aromatic carbocycles. The Kier molecular flexibility index (Phi) is 4.55. The molecule has 4 rings (SSSR count). The van der Waals surface area contributed by atoms with Gasteiger partial charge < -0.3 is 10.0 Å². The largest absolute Gasteiger partial charge is 0.494 e. The molecule has 1 atom stereocenters. The summed E-state index contributed by atoms with van der Waals surface area (Å²) in [6, 6.07) is 17.1. The van der Waals surface area contributed by atoms with Gasteiger partial charge >= 0.3 is 4.87 Å². The average molecular weight is 366 g/mol. The number of benzene rings is 2. The highest BCUT2D eigenvalue weighted by Gasteiger charge is 2.21. The molecular weight excluding hydrogens is 344 g/mol. The Bertz CT molecular complexity index is 962. The molecule has 0 amide bonds. The van der Waals surface area contributed by atoms with Crippen LogP contribution in [0, 0.1) is 0 Å². The van der Waals surface area contributed by atoms with Crippen LogP contribution in [-0.4, -0.2) is 16.6 Å². The molecule has 0 radical (unpaired) electrons. The number of hydrogen-bond acceptors (Lipinski definition) is 4. The molecule has 2 N–H and O–H groups in total. The summed E-state index contributed by atoms with van der Waals surface area (Å²) in [5, 5.41) is 9.95. The Morgan fingerprint density at radius 1 is 1.23 bits per heavy atom. The lowest BCUT2D eigenvalue weighted by atomic mass is 9.93. The molecule has 1 aromatic heterocycles. The van der Waals surface area contributed by atoms with Crippen LogP contribution in [0.15, 0.2) is 53.3 Å². The standard InChI is InChI=1S/C21H22N2O2S/c1-14(19-20(24)22-21(25)26-19)16-9-10-18-17(12-16)8-5-11-23(18)13-15-6-3-2-4-7-15/h2-4,6-7,9-10,12,14,24H,5,8,11,13H2,1H3,(H,22,25). The van der Waals surface area contributed by atoms with Gasteiger partial charge in [-0.2, -0.15) is 0 Å². The van der Waals surface area contributed by atoms with Crippen LogP contribution in [0.3, 0.4) is 0 Å². The zero-order valence-corrected chi connectivity index (χ0v) is 15.6. The van der Waals surface area contributed by atoms with Gasteiger partial charge in [0.25, 0.3) is 0 Å². The summed E-state index contributed by atoms with van der Waals surface area (Å²) in [7, 11) is 0. The fraction of sp³-hybridized carbons (Fsp3) is 0.286. The van der Waals surface area contributed by atoms with Gasteiger partial charge in [0.2, 0.25) is 5.88 Å². The quantitative estimate of drug-likeness (QED) is 0.726. The van der Waals surface area contributed by atoms with Crippen molar-refractivity contribution in [1.29, 1.82) is 0 Å². The molecule has 1 unspecified atom stereocenters. The highest BCUT2D eigenvalue weighted by molar-refractivity contribution is 7.09. The van der Waals surface area contributed by atoms with E-state index < -0.39 is 0 Å². The van der Waals surface area contributed by atoms with Gasteiger partial charge in [-0.15, -0.1) is 0 Å². The molecule has 3 aromatic rings. The number of rotatable bonds is 4. The molecule has 0 aliphatic carbocycles. The van der Waals surface area contributed by atoms with Gasteiger partial charge in [0.15, 0.2) is 0 Å². The van der Waals surface area contributed by atoms with Crippen molar-refractivity contribution in [2.75, 3.05) is 11.4 Å². The first-order valence-corrected chi connectivity index (χ1v) is 9.77. The van der Waals surface area contributed by atoms with Crippen molar-refractivity contribution in [2.45, 2.75) is 32.2 Å². The molecule has 0 spiro atoms. The third-order valence-corrected chi connectivity index (χ3v) is 6.14. The van der Waals surface area contributed by atoms with Crippen LogP contribution in [0.1, 0.15) is 40.8 Å². The maximum Gasteiger partial charge on any atom is 0.307 e. The summed E-state index contributed by atoms with van der Waals surface area (Å²) >= 11 is 1.09. The Labute approximate surface area is 156 Å². The molecule has 0 fully saturated rings. The van der Waals surface area contributed by atoms with Crippen molar-refractivity contribution in [2.24, 2.45) is 0 Å². The lowest BCUT2D eigenvalue weighted by Gasteiger charge is -2.32. The van der Waals surface area contributed by atoms with E-state index in [9.17, 15) is 9.90 Å². The second-order valence-electron chi connectivity index (χ2n) is 6.85.